The van der Waals surface area contributed by atoms with Crippen LogP contribution in [0.25, 0.3) is 0 Å². The van der Waals surface area contributed by atoms with Crippen LogP contribution < -0.4 is 0 Å². The van der Waals surface area contributed by atoms with E-state index in [1.165, 1.54) is 89.9 Å². The van der Waals surface area contributed by atoms with Crippen LogP contribution >= 0.6 is 0 Å². The van der Waals surface area contributed by atoms with Gasteiger partial charge in [0.2, 0.25) is 0 Å². The van der Waals surface area contributed by atoms with E-state index in [-0.39, 0.29) is 10.8 Å². The van der Waals surface area contributed by atoms with Gasteiger partial charge in [-0.15, -0.1) is 0 Å². The molecule has 0 nitrogen and oxygen atoms in total. The Hall–Kier alpha value is 0. The van der Waals surface area contributed by atoms with Gasteiger partial charge in [-0.25, -0.2) is 0 Å². The largest absolute Gasteiger partial charge is 0.0654 e. The molecule has 0 aliphatic carbocycles. The molecule has 0 aromatic rings. The molecule has 1 unspecified atom stereocenters. The van der Waals surface area contributed by atoms with E-state index in [0.717, 1.165) is 5.92 Å². The quantitative estimate of drug-likeness (QED) is 0.204. The summed E-state index contributed by atoms with van der Waals surface area (Å²) in [7, 11) is 0. The van der Waals surface area contributed by atoms with Gasteiger partial charge in [-0.3, -0.25) is 0 Å². The SMILES string of the molecule is CCCCCCCCCCCCCCCC(C)C(C)(C)C(C)(C)C(C)(C)C(C)(C)C. The molecule has 0 aromatic heterocycles. The van der Waals surface area contributed by atoms with Crippen LogP contribution in [-0.2, 0) is 0 Å². The minimum atomic E-state index is 0.285. The van der Waals surface area contributed by atoms with Gasteiger partial charge in [0.05, 0.1) is 0 Å². The maximum absolute atomic E-state index is 2.54. The van der Waals surface area contributed by atoms with Crippen LogP contribution in [0.5, 0.6) is 0 Å². The van der Waals surface area contributed by atoms with Crippen molar-refractivity contribution in [3.63, 3.8) is 0 Å². The molecule has 0 saturated heterocycles. The van der Waals surface area contributed by atoms with Crippen molar-refractivity contribution in [3.8, 4) is 0 Å². The molecule has 0 aromatic carbocycles. The second-order valence-corrected chi connectivity index (χ2v) is 13.2. The maximum atomic E-state index is 2.54. The molecule has 0 heterocycles. The predicted octanol–water partition coefficient (Wildman–Crippen LogP) is 11.2. The Labute approximate surface area is 193 Å². The standard InChI is InChI=1S/C30H62/c1-12-13-14-15-16-17-18-19-20-21-22-23-24-25-26(2)28(6,7)30(10,11)29(8,9)27(3,4)5/h26H,12-25H2,1-11H3. The summed E-state index contributed by atoms with van der Waals surface area (Å²) in [6.45, 7) is 27.2. The molecule has 0 fully saturated rings. The highest BCUT2D eigenvalue weighted by atomic mass is 14.6. The van der Waals surface area contributed by atoms with Crippen LogP contribution in [0.1, 0.15) is 166 Å². The van der Waals surface area contributed by atoms with Gasteiger partial charge in [-0.1, -0.05) is 166 Å². The fraction of sp³-hybridized carbons (Fsp3) is 1.00. The third-order valence-corrected chi connectivity index (χ3v) is 10.0. The molecule has 0 heteroatoms. The third-order valence-electron chi connectivity index (χ3n) is 10.0. The fourth-order valence-corrected chi connectivity index (χ4v) is 5.19. The Morgan fingerprint density at radius 3 is 1.13 bits per heavy atom. The van der Waals surface area contributed by atoms with Gasteiger partial charge < -0.3 is 0 Å². The van der Waals surface area contributed by atoms with E-state index in [4.69, 9.17) is 0 Å². The Morgan fingerprint density at radius 1 is 0.467 bits per heavy atom. The van der Waals surface area contributed by atoms with Gasteiger partial charge in [-0.05, 0) is 27.6 Å². The molecule has 0 amide bonds. The molecule has 0 radical (unpaired) electrons. The summed E-state index contributed by atoms with van der Waals surface area (Å²) in [5.74, 6) is 0.766. The summed E-state index contributed by atoms with van der Waals surface area (Å²) in [6.07, 6.45) is 20.2. The van der Waals surface area contributed by atoms with Crippen molar-refractivity contribution in [2.45, 2.75) is 166 Å². The van der Waals surface area contributed by atoms with Crippen LogP contribution in [0.3, 0.4) is 0 Å². The summed E-state index contributed by atoms with van der Waals surface area (Å²) in [5, 5.41) is 0. The van der Waals surface area contributed by atoms with Crippen LogP contribution in [0.15, 0.2) is 0 Å². The van der Waals surface area contributed by atoms with Crippen molar-refractivity contribution >= 4 is 0 Å². The van der Waals surface area contributed by atoms with E-state index < -0.39 is 0 Å². The summed E-state index contributed by atoms with van der Waals surface area (Å²) < 4.78 is 0. The van der Waals surface area contributed by atoms with Crippen molar-refractivity contribution < 1.29 is 0 Å². The van der Waals surface area contributed by atoms with E-state index in [1.54, 1.807) is 0 Å². The predicted molar refractivity (Wildman–Crippen MR) is 140 cm³/mol. The number of hydrogen-bond donors (Lipinski definition) is 0. The Bertz CT molecular complexity index is 418. The molecule has 0 N–H and O–H groups in total. The minimum absolute atomic E-state index is 0.285. The van der Waals surface area contributed by atoms with Crippen LogP contribution in [0.2, 0.25) is 0 Å². The molecule has 0 aliphatic heterocycles. The first kappa shape index (κ1) is 30.0. The molecule has 0 aliphatic rings. The number of rotatable bonds is 17. The summed E-state index contributed by atoms with van der Waals surface area (Å²) >= 11 is 0. The molecule has 30 heavy (non-hydrogen) atoms. The van der Waals surface area contributed by atoms with Crippen LogP contribution in [-0.4, -0.2) is 0 Å². The lowest BCUT2D eigenvalue weighted by molar-refractivity contribution is -0.110. The lowest BCUT2D eigenvalue weighted by atomic mass is 9.45. The zero-order valence-corrected chi connectivity index (χ0v) is 23.5. The molecule has 1 atom stereocenters. The zero-order chi connectivity index (χ0) is 23.5. The first-order chi connectivity index (χ1) is 13.7. The monoisotopic (exact) mass is 422 g/mol. The van der Waals surface area contributed by atoms with Crippen molar-refractivity contribution in [2.75, 3.05) is 0 Å². The topological polar surface area (TPSA) is 0 Å². The Morgan fingerprint density at radius 2 is 0.800 bits per heavy atom. The average molecular weight is 423 g/mol. The summed E-state index contributed by atoms with van der Waals surface area (Å²) in [4.78, 5) is 0. The second-order valence-electron chi connectivity index (χ2n) is 13.2. The van der Waals surface area contributed by atoms with Crippen molar-refractivity contribution in [1.82, 2.24) is 0 Å². The molecule has 0 rings (SSSR count). The van der Waals surface area contributed by atoms with Gasteiger partial charge in [0, 0.05) is 0 Å². The van der Waals surface area contributed by atoms with Crippen molar-refractivity contribution in [2.24, 2.45) is 27.6 Å². The first-order valence-corrected chi connectivity index (χ1v) is 13.7. The molecule has 0 saturated carbocycles. The highest BCUT2D eigenvalue weighted by Gasteiger charge is 2.54. The third kappa shape index (κ3) is 8.86. The Kier molecular flexibility index (Phi) is 13.5. The van der Waals surface area contributed by atoms with E-state index in [2.05, 4.69) is 76.2 Å². The number of unbranched alkanes of at least 4 members (excludes halogenated alkanes) is 12. The fourth-order valence-electron chi connectivity index (χ4n) is 5.19. The molecular formula is C30H62. The lowest BCUT2D eigenvalue weighted by Crippen LogP contribution is -2.53. The van der Waals surface area contributed by atoms with Gasteiger partial charge >= 0.3 is 0 Å². The summed E-state index contributed by atoms with van der Waals surface area (Å²) in [6, 6.07) is 0. The van der Waals surface area contributed by atoms with Gasteiger partial charge in [-0.2, -0.15) is 0 Å². The highest BCUT2D eigenvalue weighted by Crippen LogP contribution is 2.61. The van der Waals surface area contributed by atoms with E-state index in [1.807, 2.05) is 0 Å². The van der Waals surface area contributed by atoms with Gasteiger partial charge in [0.15, 0.2) is 0 Å². The smallest absolute Gasteiger partial charge is 0.0244 e. The van der Waals surface area contributed by atoms with E-state index in [9.17, 15) is 0 Å². The van der Waals surface area contributed by atoms with Gasteiger partial charge in [0.1, 0.15) is 0 Å². The average Bonchev–Trinajstić information content (AvgIpc) is 2.64. The maximum Gasteiger partial charge on any atom is -0.0244 e. The highest BCUT2D eigenvalue weighted by molar-refractivity contribution is 5.02. The lowest BCUT2D eigenvalue weighted by Gasteiger charge is -2.60. The van der Waals surface area contributed by atoms with Gasteiger partial charge in [0.25, 0.3) is 0 Å². The second kappa shape index (κ2) is 13.5. The van der Waals surface area contributed by atoms with Crippen LogP contribution in [0, 0.1) is 27.6 Å². The van der Waals surface area contributed by atoms with E-state index in [0.29, 0.717) is 10.8 Å². The zero-order valence-electron chi connectivity index (χ0n) is 23.5. The van der Waals surface area contributed by atoms with Crippen LogP contribution in [0.4, 0.5) is 0 Å². The molecule has 182 valence electrons. The molecule has 0 bridgehead atoms. The minimum Gasteiger partial charge on any atom is -0.0654 e. The van der Waals surface area contributed by atoms with Crippen molar-refractivity contribution in [3.05, 3.63) is 0 Å². The van der Waals surface area contributed by atoms with E-state index >= 15 is 0 Å². The number of hydrogen-bond acceptors (Lipinski definition) is 0. The molecular weight excluding hydrogens is 360 g/mol. The Balaban J connectivity index is 4.09. The summed E-state index contributed by atoms with van der Waals surface area (Å²) in [5.41, 5.74) is 1.21. The molecule has 0 spiro atoms. The van der Waals surface area contributed by atoms with Crippen molar-refractivity contribution in [1.29, 1.82) is 0 Å². The first-order valence-electron chi connectivity index (χ1n) is 13.7. The normalized spacial score (nSPS) is 14.9.